The first-order valence-electron chi connectivity index (χ1n) is 14.5. The van der Waals surface area contributed by atoms with E-state index in [2.05, 4.69) is 146 Å². The van der Waals surface area contributed by atoms with Crippen LogP contribution in [0.1, 0.15) is 22.3 Å². The maximum Gasteiger partial charge on any atom is 0.135 e. The fourth-order valence-electron chi connectivity index (χ4n) is 7.37. The maximum atomic E-state index is 6.10. The zero-order valence-corrected chi connectivity index (χ0v) is 22.9. The second kappa shape index (κ2) is 8.80. The van der Waals surface area contributed by atoms with Crippen LogP contribution in [0.3, 0.4) is 0 Å². The van der Waals surface area contributed by atoms with Gasteiger partial charge in [0.2, 0.25) is 0 Å². The van der Waals surface area contributed by atoms with Gasteiger partial charge in [0.15, 0.2) is 0 Å². The van der Waals surface area contributed by atoms with Crippen LogP contribution < -0.4 is 0 Å². The van der Waals surface area contributed by atoms with Gasteiger partial charge in [0, 0.05) is 10.8 Å². The minimum atomic E-state index is -0.413. The first-order chi connectivity index (χ1) is 20.8. The average molecular weight is 535 g/mol. The molecule has 0 saturated carbocycles. The molecule has 0 N–H and O–H groups in total. The quantitative estimate of drug-likeness (QED) is 0.220. The summed E-state index contributed by atoms with van der Waals surface area (Å²) in [6.45, 7) is 0. The Labute approximate surface area is 244 Å². The first kappa shape index (κ1) is 23.3. The molecule has 1 heteroatoms. The van der Waals surface area contributed by atoms with Crippen LogP contribution in [0, 0.1) is 0 Å². The Morgan fingerprint density at radius 2 is 1.05 bits per heavy atom. The second-order valence-corrected chi connectivity index (χ2v) is 11.3. The van der Waals surface area contributed by atoms with Crippen molar-refractivity contribution < 1.29 is 4.42 Å². The molecule has 0 aliphatic heterocycles. The van der Waals surface area contributed by atoms with E-state index in [1.165, 1.54) is 55.3 Å². The zero-order valence-electron chi connectivity index (χ0n) is 22.9. The molecule has 196 valence electrons. The van der Waals surface area contributed by atoms with Crippen molar-refractivity contribution in [3.8, 4) is 22.3 Å². The highest BCUT2D eigenvalue weighted by atomic mass is 16.3. The molecule has 42 heavy (non-hydrogen) atoms. The summed E-state index contributed by atoms with van der Waals surface area (Å²) < 4.78 is 6.10. The van der Waals surface area contributed by atoms with E-state index < -0.39 is 5.41 Å². The van der Waals surface area contributed by atoms with Crippen LogP contribution >= 0.6 is 0 Å². The van der Waals surface area contributed by atoms with Crippen molar-refractivity contribution in [3.63, 3.8) is 0 Å². The lowest BCUT2D eigenvalue weighted by molar-refractivity contribution is 0.669. The predicted octanol–water partition coefficient (Wildman–Crippen LogP) is 10.8. The van der Waals surface area contributed by atoms with Gasteiger partial charge in [-0.1, -0.05) is 133 Å². The standard InChI is InChI=1S/C41H26O/c1-3-11-30(12-4-1)41(31-13-5-2-6-14-31)37-17-9-7-15-33(37)35-23-20-29-25-27(19-22-32(29)40(35)41)28-21-24-39-36(26-28)34-16-8-10-18-38(34)42-39/h1-26H. The van der Waals surface area contributed by atoms with Crippen LogP contribution in [0.5, 0.6) is 0 Å². The molecule has 1 aliphatic carbocycles. The maximum absolute atomic E-state index is 6.10. The van der Waals surface area contributed by atoms with E-state index in [4.69, 9.17) is 4.42 Å². The molecule has 0 fully saturated rings. The number of hydrogen-bond acceptors (Lipinski definition) is 1. The van der Waals surface area contributed by atoms with Gasteiger partial charge >= 0.3 is 0 Å². The lowest BCUT2D eigenvalue weighted by Crippen LogP contribution is -2.28. The average Bonchev–Trinajstić information content (AvgIpc) is 3.59. The molecule has 1 aliphatic rings. The van der Waals surface area contributed by atoms with E-state index >= 15 is 0 Å². The minimum Gasteiger partial charge on any atom is -0.456 e. The molecule has 7 aromatic carbocycles. The summed E-state index contributed by atoms with van der Waals surface area (Å²) in [6, 6.07) is 57.4. The fourth-order valence-corrected chi connectivity index (χ4v) is 7.37. The Hall–Kier alpha value is -5.40. The third-order valence-corrected chi connectivity index (χ3v) is 9.14. The van der Waals surface area contributed by atoms with Gasteiger partial charge in [-0.2, -0.15) is 0 Å². The Bertz CT molecular complexity index is 2250. The van der Waals surface area contributed by atoms with Crippen LogP contribution in [0.15, 0.2) is 162 Å². The molecule has 0 saturated heterocycles. The van der Waals surface area contributed by atoms with Crippen LogP contribution in [-0.4, -0.2) is 0 Å². The normalized spacial score (nSPS) is 13.4. The van der Waals surface area contributed by atoms with E-state index in [1.807, 2.05) is 12.1 Å². The van der Waals surface area contributed by atoms with E-state index in [0.717, 1.165) is 21.9 Å². The third-order valence-electron chi connectivity index (χ3n) is 9.14. The van der Waals surface area contributed by atoms with E-state index in [-0.39, 0.29) is 0 Å². The van der Waals surface area contributed by atoms with Gasteiger partial charge in [-0.15, -0.1) is 0 Å². The Morgan fingerprint density at radius 3 is 1.86 bits per heavy atom. The van der Waals surface area contributed by atoms with Crippen molar-refractivity contribution in [1.82, 2.24) is 0 Å². The number of rotatable bonds is 3. The van der Waals surface area contributed by atoms with E-state index in [1.54, 1.807) is 0 Å². The van der Waals surface area contributed by atoms with Crippen molar-refractivity contribution in [2.24, 2.45) is 0 Å². The van der Waals surface area contributed by atoms with Crippen molar-refractivity contribution in [3.05, 3.63) is 180 Å². The topological polar surface area (TPSA) is 13.1 Å². The summed E-state index contributed by atoms with van der Waals surface area (Å²) >= 11 is 0. The molecule has 0 spiro atoms. The van der Waals surface area contributed by atoms with Crippen molar-refractivity contribution in [1.29, 1.82) is 0 Å². The summed E-state index contributed by atoms with van der Waals surface area (Å²) in [5.74, 6) is 0. The predicted molar refractivity (Wildman–Crippen MR) is 174 cm³/mol. The smallest absolute Gasteiger partial charge is 0.135 e. The zero-order chi connectivity index (χ0) is 27.7. The Balaban J connectivity index is 1.32. The third kappa shape index (κ3) is 3.14. The van der Waals surface area contributed by atoms with Crippen molar-refractivity contribution >= 4 is 32.7 Å². The first-order valence-corrected chi connectivity index (χ1v) is 14.5. The fraction of sp³-hybridized carbons (Fsp3) is 0.0244. The number of benzene rings is 7. The van der Waals surface area contributed by atoms with E-state index in [9.17, 15) is 0 Å². The molecule has 0 amide bonds. The SMILES string of the molecule is c1ccc(C2(c3ccccc3)c3ccccc3-c3ccc4cc(-c5ccc6oc7ccccc7c6c5)ccc4c32)cc1. The summed E-state index contributed by atoms with van der Waals surface area (Å²) in [5.41, 5.74) is 11.7. The molecule has 1 heterocycles. The summed E-state index contributed by atoms with van der Waals surface area (Å²) in [5, 5.41) is 4.84. The summed E-state index contributed by atoms with van der Waals surface area (Å²) in [6.07, 6.45) is 0. The number of fused-ring (bicyclic) bond motifs is 8. The Kier molecular flexibility index (Phi) is 4.88. The molecule has 1 aromatic heterocycles. The van der Waals surface area contributed by atoms with E-state index in [0.29, 0.717) is 0 Å². The highest BCUT2D eigenvalue weighted by Gasteiger charge is 2.46. The molecule has 0 bridgehead atoms. The van der Waals surface area contributed by atoms with Crippen LogP contribution in [-0.2, 0) is 5.41 Å². The highest BCUT2D eigenvalue weighted by Crippen LogP contribution is 2.58. The highest BCUT2D eigenvalue weighted by molar-refractivity contribution is 6.07. The van der Waals surface area contributed by atoms with Crippen LogP contribution in [0.4, 0.5) is 0 Å². The van der Waals surface area contributed by atoms with Gasteiger partial charge in [0.05, 0.1) is 5.41 Å². The molecule has 0 unspecified atom stereocenters. The van der Waals surface area contributed by atoms with Gasteiger partial charge in [-0.3, -0.25) is 0 Å². The molecule has 1 nitrogen and oxygen atoms in total. The molecule has 9 rings (SSSR count). The van der Waals surface area contributed by atoms with Gasteiger partial charge in [0.25, 0.3) is 0 Å². The van der Waals surface area contributed by atoms with Crippen LogP contribution in [0.2, 0.25) is 0 Å². The van der Waals surface area contributed by atoms with Crippen molar-refractivity contribution in [2.75, 3.05) is 0 Å². The number of hydrogen-bond donors (Lipinski definition) is 0. The lowest BCUT2D eigenvalue weighted by atomic mass is 9.66. The number of furan rings is 1. The van der Waals surface area contributed by atoms with Crippen LogP contribution in [0.25, 0.3) is 55.0 Å². The molecule has 8 aromatic rings. The van der Waals surface area contributed by atoms with Gasteiger partial charge < -0.3 is 4.42 Å². The van der Waals surface area contributed by atoms with Gasteiger partial charge in [-0.05, 0) is 79.5 Å². The lowest BCUT2D eigenvalue weighted by Gasteiger charge is -2.34. The van der Waals surface area contributed by atoms with Gasteiger partial charge in [0.1, 0.15) is 11.2 Å². The molecular weight excluding hydrogens is 508 g/mol. The Morgan fingerprint density at radius 1 is 0.405 bits per heavy atom. The molecular formula is C41H26O. The second-order valence-electron chi connectivity index (χ2n) is 11.3. The molecule has 0 radical (unpaired) electrons. The van der Waals surface area contributed by atoms with Gasteiger partial charge in [-0.25, -0.2) is 0 Å². The monoisotopic (exact) mass is 534 g/mol. The minimum absolute atomic E-state index is 0.413. The summed E-state index contributed by atoms with van der Waals surface area (Å²) in [7, 11) is 0. The molecule has 0 atom stereocenters. The largest absolute Gasteiger partial charge is 0.456 e. The van der Waals surface area contributed by atoms with Crippen molar-refractivity contribution in [2.45, 2.75) is 5.41 Å². The number of para-hydroxylation sites is 1. The summed E-state index contributed by atoms with van der Waals surface area (Å²) in [4.78, 5) is 0.